The number of carbonyl (C=O) groups is 1. The van der Waals surface area contributed by atoms with Crippen LogP contribution in [0.15, 0.2) is 0 Å². The summed E-state index contributed by atoms with van der Waals surface area (Å²) in [6.07, 6.45) is 4.01. The third-order valence-electron chi connectivity index (χ3n) is 2.11. The summed E-state index contributed by atoms with van der Waals surface area (Å²) in [4.78, 5) is 11.1. The van der Waals surface area contributed by atoms with Crippen LogP contribution in [0.3, 0.4) is 0 Å². The van der Waals surface area contributed by atoms with Gasteiger partial charge in [0.05, 0.1) is 12.4 Å². The number of thiol groups is 1. The number of rotatable bonds is 3. The minimum absolute atomic E-state index is 0.00277. The molecule has 1 heterocycles. The molecule has 2 nitrogen and oxygen atoms in total. The topological polar surface area (TPSA) is 26.3 Å². The van der Waals surface area contributed by atoms with E-state index >= 15 is 0 Å². The van der Waals surface area contributed by atoms with E-state index in [1.165, 1.54) is 30.8 Å². The van der Waals surface area contributed by atoms with Crippen molar-refractivity contribution in [2.45, 2.75) is 26.2 Å². The van der Waals surface area contributed by atoms with Crippen LogP contribution >= 0.6 is 10.9 Å². The molecule has 72 valence electrons. The highest BCUT2D eigenvalue weighted by atomic mass is 32.2. The predicted molar refractivity (Wildman–Crippen MR) is 54.1 cm³/mol. The van der Waals surface area contributed by atoms with Gasteiger partial charge in [-0.05, 0) is 31.3 Å². The molecule has 0 aromatic rings. The lowest BCUT2D eigenvalue weighted by atomic mass is 10.3. The van der Waals surface area contributed by atoms with Gasteiger partial charge in [0.25, 0.3) is 0 Å². The first-order valence-corrected chi connectivity index (χ1v) is 6.60. The monoisotopic (exact) mass is 190 g/mol. The molecule has 0 N–H and O–H groups in total. The van der Waals surface area contributed by atoms with Crippen LogP contribution in [0.25, 0.3) is 0 Å². The highest BCUT2D eigenvalue weighted by molar-refractivity contribution is 8.17. The molecular formula is C9H18O2S. The Balaban J connectivity index is 2.15. The minimum atomic E-state index is 0.00277. The number of ether oxygens (including phenoxy) is 1. The lowest BCUT2D eigenvalue weighted by Gasteiger charge is -2.24. The quantitative estimate of drug-likeness (QED) is 0.542. The third-order valence-corrected chi connectivity index (χ3v) is 4.71. The molecule has 12 heavy (non-hydrogen) atoms. The van der Waals surface area contributed by atoms with Crippen molar-refractivity contribution >= 4 is 16.9 Å². The molecule has 1 aliphatic heterocycles. The first-order valence-electron chi connectivity index (χ1n) is 4.71. The van der Waals surface area contributed by atoms with Gasteiger partial charge in [-0.3, -0.25) is 4.79 Å². The summed E-state index contributed by atoms with van der Waals surface area (Å²) in [6, 6.07) is 0. The summed E-state index contributed by atoms with van der Waals surface area (Å²) >= 11 is 0. The molecule has 1 rings (SSSR count). The van der Waals surface area contributed by atoms with Crippen LogP contribution in [0, 0.1) is 0 Å². The summed E-state index contributed by atoms with van der Waals surface area (Å²) in [6.45, 7) is 2.40. The summed E-state index contributed by atoms with van der Waals surface area (Å²) in [5, 5.41) is 0. The maximum Gasteiger partial charge on any atom is 0.314 e. The van der Waals surface area contributed by atoms with E-state index in [2.05, 4.69) is 0 Å². The first kappa shape index (κ1) is 9.90. The van der Waals surface area contributed by atoms with E-state index in [4.69, 9.17) is 4.74 Å². The second-order valence-electron chi connectivity index (χ2n) is 3.14. The number of esters is 1. The molecule has 0 radical (unpaired) electrons. The number of hydrogen-bond acceptors (Lipinski definition) is 2. The molecule has 3 heteroatoms. The van der Waals surface area contributed by atoms with Gasteiger partial charge in [0, 0.05) is 0 Å². The molecule has 1 aliphatic rings. The molecule has 0 bridgehead atoms. The molecule has 0 aliphatic carbocycles. The molecule has 0 unspecified atom stereocenters. The van der Waals surface area contributed by atoms with Gasteiger partial charge in [0.2, 0.25) is 0 Å². The van der Waals surface area contributed by atoms with E-state index < -0.39 is 0 Å². The molecule has 1 fully saturated rings. The van der Waals surface area contributed by atoms with Gasteiger partial charge in [0.1, 0.15) is 0 Å². The average Bonchev–Trinajstić information content (AvgIpc) is 2.06. The Morgan fingerprint density at radius 2 is 2.00 bits per heavy atom. The Labute approximate surface area is 77.0 Å². The van der Waals surface area contributed by atoms with Crippen molar-refractivity contribution < 1.29 is 9.53 Å². The van der Waals surface area contributed by atoms with Gasteiger partial charge in [0.15, 0.2) is 0 Å². The van der Waals surface area contributed by atoms with Crippen LogP contribution in [0.2, 0.25) is 0 Å². The van der Waals surface area contributed by atoms with Crippen molar-refractivity contribution in [1.29, 1.82) is 0 Å². The second-order valence-corrected chi connectivity index (χ2v) is 5.69. The maximum atomic E-state index is 11.1. The van der Waals surface area contributed by atoms with E-state index in [1.54, 1.807) is 0 Å². The van der Waals surface area contributed by atoms with Crippen molar-refractivity contribution in [1.82, 2.24) is 0 Å². The smallest absolute Gasteiger partial charge is 0.314 e. The highest BCUT2D eigenvalue weighted by Gasteiger charge is 2.13. The van der Waals surface area contributed by atoms with Crippen molar-refractivity contribution in [2.24, 2.45) is 0 Å². The van der Waals surface area contributed by atoms with E-state index in [-0.39, 0.29) is 16.9 Å². The SMILES string of the molecule is CCOC(=O)C[SH]1CCCCC1. The zero-order chi connectivity index (χ0) is 8.81. The summed E-state index contributed by atoms with van der Waals surface area (Å²) in [5.74, 6) is 3.30. The summed E-state index contributed by atoms with van der Waals surface area (Å²) < 4.78 is 4.92. The molecule has 0 spiro atoms. The van der Waals surface area contributed by atoms with Gasteiger partial charge in [-0.1, -0.05) is 6.42 Å². The minimum Gasteiger partial charge on any atom is -0.465 e. The Hall–Kier alpha value is -0.180. The largest absolute Gasteiger partial charge is 0.465 e. The normalized spacial score (nSPS) is 20.6. The fraction of sp³-hybridized carbons (Fsp3) is 0.889. The van der Waals surface area contributed by atoms with Crippen LogP contribution in [0.1, 0.15) is 26.2 Å². The Morgan fingerprint density at radius 3 is 2.58 bits per heavy atom. The van der Waals surface area contributed by atoms with E-state index in [0.717, 1.165) is 0 Å². The Bertz CT molecular complexity index is 141. The molecule has 0 saturated carbocycles. The van der Waals surface area contributed by atoms with Gasteiger partial charge in [-0.2, -0.15) is 0 Å². The van der Waals surface area contributed by atoms with Crippen molar-refractivity contribution in [2.75, 3.05) is 23.9 Å². The summed E-state index contributed by atoms with van der Waals surface area (Å²) in [5.41, 5.74) is 0. The zero-order valence-corrected chi connectivity index (χ0v) is 8.61. The van der Waals surface area contributed by atoms with E-state index in [0.29, 0.717) is 12.4 Å². The van der Waals surface area contributed by atoms with E-state index in [9.17, 15) is 4.79 Å². The van der Waals surface area contributed by atoms with Gasteiger partial charge >= 0.3 is 5.97 Å². The predicted octanol–water partition coefficient (Wildman–Crippen LogP) is 1.73. The standard InChI is InChI=1S/C9H18O2S/c1-2-11-9(10)8-12-6-4-3-5-7-12/h12H,2-8H2,1H3. The maximum absolute atomic E-state index is 11.1. The second kappa shape index (κ2) is 5.46. The van der Waals surface area contributed by atoms with Crippen molar-refractivity contribution in [3.63, 3.8) is 0 Å². The Morgan fingerprint density at radius 1 is 1.33 bits per heavy atom. The van der Waals surface area contributed by atoms with Gasteiger partial charge < -0.3 is 4.74 Å². The third kappa shape index (κ3) is 3.48. The number of hydrogen-bond donors (Lipinski definition) is 1. The van der Waals surface area contributed by atoms with Crippen LogP contribution in [-0.4, -0.2) is 29.8 Å². The van der Waals surface area contributed by atoms with Crippen LogP contribution < -0.4 is 0 Å². The van der Waals surface area contributed by atoms with E-state index in [1.807, 2.05) is 6.92 Å². The Kier molecular flexibility index (Phi) is 4.51. The molecule has 0 amide bonds. The molecule has 0 atom stereocenters. The zero-order valence-electron chi connectivity index (χ0n) is 7.71. The molecule has 1 saturated heterocycles. The number of carbonyl (C=O) groups excluding carboxylic acids is 1. The highest BCUT2D eigenvalue weighted by Crippen LogP contribution is 2.32. The molecular weight excluding hydrogens is 172 g/mol. The first-order chi connectivity index (χ1) is 5.83. The van der Waals surface area contributed by atoms with Crippen molar-refractivity contribution in [3.8, 4) is 0 Å². The lowest BCUT2D eigenvalue weighted by Crippen LogP contribution is -2.15. The van der Waals surface area contributed by atoms with Crippen LogP contribution in [0.4, 0.5) is 0 Å². The average molecular weight is 190 g/mol. The van der Waals surface area contributed by atoms with Gasteiger partial charge in [-0.15, -0.1) is 0 Å². The fourth-order valence-electron chi connectivity index (χ4n) is 1.51. The van der Waals surface area contributed by atoms with Crippen LogP contribution in [-0.2, 0) is 9.53 Å². The molecule has 0 aromatic carbocycles. The molecule has 0 aromatic heterocycles. The van der Waals surface area contributed by atoms with Crippen molar-refractivity contribution in [3.05, 3.63) is 0 Å². The fourth-order valence-corrected chi connectivity index (χ4v) is 3.84. The lowest BCUT2D eigenvalue weighted by molar-refractivity contribution is -0.139. The van der Waals surface area contributed by atoms with Gasteiger partial charge in [-0.25, -0.2) is 10.9 Å². The van der Waals surface area contributed by atoms with Crippen LogP contribution in [0.5, 0.6) is 0 Å². The summed E-state index contributed by atoms with van der Waals surface area (Å²) in [7, 11) is 0.00277.